The Bertz CT molecular complexity index is 785. The summed E-state index contributed by atoms with van der Waals surface area (Å²) in [7, 11) is 0. The van der Waals surface area contributed by atoms with Gasteiger partial charge in [0.25, 0.3) is 0 Å². The SMILES string of the molecule is C/C(=N\Nc1nc2ccccc2o1)c1ccc(C)c(C)c1. The van der Waals surface area contributed by atoms with E-state index in [9.17, 15) is 0 Å². The summed E-state index contributed by atoms with van der Waals surface area (Å²) < 4.78 is 5.57. The number of anilines is 1. The number of hydrogen-bond donors (Lipinski definition) is 1. The van der Waals surface area contributed by atoms with Crippen molar-refractivity contribution < 1.29 is 4.42 Å². The minimum atomic E-state index is 0.402. The van der Waals surface area contributed by atoms with E-state index < -0.39 is 0 Å². The van der Waals surface area contributed by atoms with E-state index in [1.807, 2.05) is 31.2 Å². The molecule has 0 saturated heterocycles. The van der Waals surface area contributed by atoms with E-state index in [0.29, 0.717) is 6.01 Å². The number of benzene rings is 2. The maximum absolute atomic E-state index is 5.57. The molecule has 0 atom stereocenters. The lowest BCUT2D eigenvalue weighted by atomic mass is 10.0. The van der Waals surface area contributed by atoms with Crippen LogP contribution in [0.15, 0.2) is 52.0 Å². The predicted octanol–water partition coefficient (Wildman–Crippen LogP) is 4.28. The molecule has 21 heavy (non-hydrogen) atoms. The van der Waals surface area contributed by atoms with Crippen LogP contribution in [0.2, 0.25) is 0 Å². The molecule has 0 aliphatic rings. The molecule has 3 rings (SSSR count). The lowest BCUT2D eigenvalue weighted by Crippen LogP contribution is -2.00. The Kier molecular flexibility index (Phi) is 3.44. The van der Waals surface area contributed by atoms with Crippen LogP contribution in [0.25, 0.3) is 11.1 Å². The molecule has 106 valence electrons. The molecular weight excluding hydrogens is 262 g/mol. The Labute approximate surface area is 123 Å². The van der Waals surface area contributed by atoms with E-state index in [1.54, 1.807) is 0 Å². The topological polar surface area (TPSA) is 50.4 Å². The number of nitrogens with zero attached hydrogens (tertiary/aromatic N) is 2. The number of oxazole rings is 1. The summed E-state index contributed by atoms with van der Waals surface area (Å²) in [5, 5.41) is 4.34. The Balaban J connectivity index is 1.82. The van der Waals surface area contributed by atoms with E-state index in [-0.39, 0.29) is 0 Å². The third-order valence-corrected chi connectivity index (χ3v) is 3.54. The molecule has 0 bridgehead atoms. The van der Waals surface area contributed by atoms with Gasteiger partial charge in [-0.15, -0.1) is 0 Å². The van der Waals surface area contributed by atoms with Crippen LogP contribution < -0.4 is 5.43 Å². The van der Waals surface area contributed by atoms with Crippen molar-refractivity contribution in [1.82, 2.24) is 4.98 Å². The van der Waals surface area contributed by atoms with Crippen LogP contribution in [-0.2, 0) is 0 Å². The number of aryl methyl sites for hydroxylation is 2. The molecule has 3 aromatic rings. The van der Waals surface area contributed by atoms with Crippen molar-refractivity contribution in [3.63, 3.8) is 0 Å². The third kappa shape index (κ3) is 2.79. The van der Waals surface area contributed by atoms with E-state index in [4.69, 9.17) is 4.42 Å². The second-order valence-electron chi connectivity index (χ2n) is 5.09. The van der Waals surface area contributed by atoms with Gasteiger partial charge in [0, 0.05) is 0 Å². The zero-order valence-electron chi connectivity index (χ0n) is 12.3. The molecule has 0 aliphatic carbocycles. The summed E-state index contributed by atoms with van der Waals surface area (Å²) in [5.41, 5.74) is 8.95. The minimum Gasteiger partial charge on any atom is -0.422 e. The predicted molar refractivity (Wildman–Crippen MR) is 85.8 cm³/mol. The van der Waals surface area contributed by atoms with Crippen molar-refractivity contribution in [2.24, 2.45) is 5.10 Å². The van der Waals surface area contributed by atoms with Crippen molar-refractivity contribution in [1.29, 1.82) is 0 Å². The smallest absolute Gasteiger partial charge is 0.316 e. The lowest BCUT2D eigenvalue weighted by Gasteiger charge is -2.04. The fourth-order valence-electron chi connectivity index (χ4n) is 2.08. The van der Waals surface area contributed by atoms with Crippen LogP contribution in [0.5, 0.6) is 0 Å². The van der Waals surface area contributed by atoms with Gasteiger partial charge in [0.15, 0.2) is 5.58 Å². The van der Waals surface area contributed by atoms with Gasteiger partial charge in [-0.25, -0.2) is 5.43 Å². The first-order chi connectivity index (χ1) is 10.1. The summed E-state index contributed by atoms with van der Waals surface area (Å²) in [6.45, 7) is 6.16. The molecule has 0 amide bonds. The Morgan fingerprint density at radius 3 is 2.67 bits per heavy atom. The molecule has 1 N–H and O–H groups in total. The van der Waals surface area contributed by atoms with E-state index in [0.717, 1.165) is 22.4 Å². The number of aromatic nitrogens is 1. The fraction of sp³-hybridized carbons (Fsp3) is 0.176. The van der Waals surface area contributed by atoms with Crippen LogP contribution in [0.1, 0.15) is 23.6 Å². The maximum atomic E-state index is 5.57. The lowest BCUT2D eigenvalue weighted by molar-refractivity contribution is 0.617. The van der Waals surface area contributed by atoms with Gasteiger partial charge in [-0.3, -0.25) is 0 Å². The van der Waals surface area contributed by atoms with Gasteiger partial charge in [-0.05, 0) is 55.7 Å². The molecule has 0 unspecified atom stereocenters. The summed E-state index contributed by atoms with van der Waals surface area (Å²) in [6.07, 6.45) is 0. The van der Waals surface area contributed by atoms with Gasteiger partial charge in [0.1, 0.15) is 5.52 Å². The first kappa shape index (κ1) is 13.4. The highest BCUT2D eigenvalue weighted by Gasteiger charge is 2.04. The van der Waals surface area contributed by atoms with Crippen LogP contribution in [-0.4, -0.2) is 10.7 Å². The van der Waals surface area contributed by atoms with Crippen LogP contribution >= 0.6 is 0 Å². The zero-order valence-corrected chi connectivity index (χ0v) is 12.3. The second-order valence-corrected chi connectivity index (χ2v) is 5.09. The van der Waals surface area contributed by atoms with Crippen molar-refractivity contribution in [2.75, 3.05) is 5.43 Å². The quantitative estimate of drug-likeness (QED) is 0.575. The number of nitrogens with one attached hydrogen (secondary N) is 1. The third-order valence-electron chi connectivity index (χ3n) is 3.54. The minimum absolute atomic E-state index is 0.402. The normalized spacial score (nSPS) is 11.9. The van der Waals surface area contributed by atoms with Crippen molar-refractivity contribution in [3.05, 3.63) is 59.2 Å². The number of hydrogen-bond acceptors (Lipinski definition) is 4. The zero-order chi connectivity index (χ0) is 14.8. The number of fused-ring (bicyclic) bond motifs is 1. The van der Waals surface area contributed by atoms with Crippen molar-refractivity contribution in [3.8, 4) is 0 Å². The molecule has 0 saturated carbocycles. The second kappa shape index (κ2) is 5.40. The average molecular weight is 279 g/mol. The standard InChI is InChI=1S/C17H17N3O/c1-11-8-9-14(10-12(11)2)13(3)19-20-17-18-15-6-4-5-7-16(15)21-17/h4-10H,1-3H3,(H,18,20)/b19-13+. The number of para-hydroxylation sites is 2. The molecule has 1 heterocycles. The van der Waals surface area contributed by atoms with Crippen LogP contribution in [0.4, 0.5) is 6.01 Å². The first-order valence-corrected chi connectivity index (χ1v) is 6.87. The molecule has 0 spiro atoms. The van der Waals surface area contributed by atoms with Gasteiger partial charge < -0.3 is 4.42 Å². The van der Waals surface area contributed by atoms with Crippen LogP contribution in [0.3, 0.4) is 0 Å². The highest BCUT2D eigenvalue weighted by molar-refractivity contribution is 5.99. The molecule has 0 fully saturated rings. The van der Waals surface area contributed by atoms with Gasteiger partial charge in [-0.1, -0.05) is 24.3 Å². The van der Waals surface area contributed by atoms with Gasteiger partial charge >= 0.3 is 6.01 Å². The molecular formula is C17H17N3O. The summed E-state index contributed by atoms with van der Waals surface area (Å²) in [4.78, 5) is 4.33. The largest absolute Gasteiger partial charge is 0.422 e. The van der Waals surface area contributed by atoms with Gasteiger partial charge in [0.05, 0.1) is 5.71 Å². The molecule has 4 heteroatoms. The molecule has 1 aromatic heterocycles. The van der Waals surface area contributed by atoms with Gasteiger partial charge in [-0.2, -0.15) is 10.1 Å². The number of rotatable bonds is 3. The van der Waals surface area contributed by atoms with Crippen molar-refractivity contribution in [2.45, 2.75) is 20.8 Å². The maximum Gasteiger partial charge on any atom is 0.316 e. The highest BCUT2D eigenvalue weighted by Crippen LogP contribution is 2.18. The Hall–Kier alpha value is -2.62. The Morgan fingerprint density at radius 1 is 1.10 bits per heavy atom. The molecule has 4 nitrogen and oxygen atoms in total. The molecule has 0 aliphatic heterocycles. The summed E-state index contributed by atoms with van der Waals surface area (Å²) in [6, 6.07) is 14.3. The molecule has 0 radical (unpaired) electrons. The van der Waals surface area contributed by atoms with E-state index >= 15 is 0 Å². The Morgan fingerprint density at radius 2 is 1.90 bits per heavy atom. The van der Waals surface area contributed by atoms with Crippen molar-refractivity contribution >= 4 is 22.8 Å². The molecule has 2 aromatic carbocycles. The average Bonchev–Trinajstić information content (AvgIpc) is 2.90. The first-order valence-electron chi connectivity index (χ1n) is 6.87. The van der Waals surface area contributed by atoms with Crippen LogP contribution in [0, 0.1) is 13.8 Å². The highest BCUT2D eigenvalue weighted by atomic mass is 16.4. The van der Waals surface area contributed by atoms with E-state index in [2.05, 4.69) is 47.6 Å². The van der Waals surface area contributed by atoms with E-state index in [1.165, 1.54) is 11.1 Å². The monoisotopic (exact) mass is 279 g/mol. The summed E-state index contributed by atoms with van der Waals surface area (Å²) in [5.74, 6) is 0. The summed E-state index contributed by atoms with van der Waals surface area (Å²) >= 11 is 0. The fourth-order valence-corrected chi connectivity index (χ4v) is 2.08. The number of hydrazone groups is 1. The van der Waals surface area contributed by atoms with Gasteiger partial charge in [0.2, 0.25) is 0 Å².